The summed E-state index contributed by atoms with van der Waals surface area (Å²) in [5.41, 5.74) is 1.33. The van der Waals surface area contributed by atoms with Gasteiger partial charge in [-0.3, -0.25) is 9.88 Å². The summed E-state index contributed by atoms with van der Waals surface area (Å²) in [7, 11) is 2.28. The smallest absolute Gasteiger partial charge is 0.0335 e. The maximum atomic E-state index is 4.24. The van der Waals surface area contributed by atoms with Crippen LogP contribution in [-0.2, 0) is 0 Å². The van der Waals surface area contributed by atoms with Crippen LogP contribution in [0.15, 0.2) is 24.5 Å². The van der Waals surface area contributed by atoms with Crippen molar-refractivity contribution in [1.82, 2.24) is 9.88 Å². The van der Waals surface area contributed by atoms with Gasteiger partial charge in [0.25, 0.3) is 0 Å². The standard InChI is InChI=1S/C17H28N2/c1-13(2)15-7-9-17(10-8-15)19(4)14(3)16-6-5-11-18-12-16/h5-6,11-15,17H,7-10H2,1-4H3/t14?,15-,17+. The Labute approximate surface area is 118 Å². The van der Waals surface area contributed by atoms with Gasteiger partial charge < -0.3 is 0 Å². The van der Waals surface area contributed by atoms with Crippen molar-refractivity contribution in [2.75, 3.05) is 7.05 Å². The second-order valence-corrected chi connectivity index (χ2v) is 6.44. The normalized spacial score (nSPS) is 25.8. The van der Waals surface area contributed by atoms with Gasteiger partial charge in [-0.05, 0) is 63.1 Å². The van der Waals surface area contributed by atoms with Gasteiger partial charge in [-0.15, -0.1) is 0 Å². The fraction of sp³-hybridized carbons (Fsp3) is 0.706. The first-order chi connectivity index (χ1) is 9.09. The van der Waals surface area contributed by atoms with Crippen LogP contribution in [0.5, 0.6) is 0 Å². The number of hydrogen-bond donors (Lipinski definition) is 0. The van der Waals surface area contributed by atoms with E-state index in [9.17, 15) is 0 Å². The second kappa shape index (κ2) is 6.51. The van der Waals surface area contributed by atoms with Crippen LogP contribution in [-0.4, -0.2) is 23.0 Å². The van der Waals surface area contributed by atoms with Crippen LogP contribution in [0.2, 0.25) is 0 Å². The van der Waals surface area contributed by atoms with Gasteiger partial charge in [0.2, 0.25) is 0 Å². The number of hydrogen-bond acceptors (Lipinski definition) is 2. The molecule has 19 heavy (non-hydrogen) atoms. The first-order valence-electron chi connectivity index (χ1n) is 7.71. The average molecular weight is 260 g/mol. The first kappa shape index (κ1) is 14.5. The van der Waals surface area contributed by atoms with Crippen LogP contribution in [0, 0.1) is 11.8 Å². The molecule has 0 radical (unpaired) electrons. The predicted molar refractivity (Wildman–Crippen MR) is 81.0 cm³/mol. The third-order valence-electron chi connectivity index (χ3n) is 5.04. The minimum Gasteiger partial charge on any atom is -0.297 e. The molecule has 1 unspecified atom stereocenters. The molecule has 2 nitrogen and oxygen atoms in total. The maximum Gasteiger partial charge on any atom is 0.0335 e. The quantitative estimate of drug-likeness (QED) is 0.803. The van der Waals surface area contributed by atoms with E-state index in [1.54, 1.807) is 0 Å². The van der Waals surface area contributed by atoms with Crippen LogP contribution in [0.1, 0.15) is 58.1 Å². The molecule has 1 fully saturated rings. The topological polar surface area (TPSA) is 16.1 Å². The Morgan fingerprint density at radius 1 is 1.16 bits per heavy atom. The van der Waals surface area contributed by atoms with Crippen molar-refractivity contribution >= 4 is 0 Å². The lowest BCUT2D eigenvalue weighted by atomic mass is 9.79. The Morgan fingerprint density at radius 3 is 2.37 bits per heavy atom. The Balaban J connectivity index is 1.92. The highest BCUT2D eigenvalue weighted by Crippen LogP contribution is 2.34. The summed E-state index contributed by atoms with van der Waals surface area (Å²) in [5.74, 6) is 1.79. The predicted octanol–water partition coefficient (Wildman–Crippen LogP) is 4.29. The van der Waals surface area contributed by atoms with Crippen LogP contribution >= 0.6 is 0 Å². The van der Waals surface area contributed by atoms with E-state index in [-0.39, 0.29) is 0 Å². The van der Waals surface area contributed by atoms with E-state index in [0.717, 1.165) is 17.9 Å². The van der Waals surface area contributed by atoms with Crippen molar-refractivity contribution in [3.05, 3.63) is 30.1 Å². The number of nitrogens with zero attached hydrogens (tertiary/aromatic N) is 2. The number of pyridine rings is 1. The summed E-state index contributed by atoms with van der Waals surface area (Å²) >= 11 is 0. The van der Waals surface area contributed by atoms with Crippen molar-refractivity contribution in [3.8, 4) is 0 Å². The molecule has 1 aromatic heterocycles. The van der Waals surface area contributed by atoms with Crippen LogP contribution in [0.3, 0.4) is 0 Å². The fourth-order valence-electron chi connectivity index (χ4n) is 3.35. The molecule has 106 valence electrons. The molecule has 1 heterocycles. The van der Waals surface area contributed by atoms with E-state index < -0.39 is 0 Å². The Kier molecular flexibility index (Phi) is 4.98. The Hall–Kier alpha value is -0.890. The van der Waals surface area contributed by atoms with Gasteiger partial charge in [-0.1, -0.05) is 19.9 Å². The molecule has 0 amide bonds. The zero-order valence-electron chi connectivity index (χ0n) is 12.8. The molecule has 2 rings (SSSR count). The summed E-state index contributed by atoms with van der Waals surface area (Å²) in [6.45, 7) is 7.03. The number of rotatable bonds is 4. The molecule has 0 N–H and O–H groups in total. The van der Waals surface area contributed by atoms with Gasteiger partial charge >= 0.3 is 0 Å². The summed E-state index contributed by atoms with van der Waals surface area (Å²) < 4.78 is 0. The largest absolute Gasteiger partial charge is 0.297 e. The summed E-state index contributed by atoms with van der Waals surface area (Å²) in [6.07, 6.45) is 9.34. The van der Waals surface area contributed by atoms with Crippen molar-refractivity contribution in [1.29, 1.82) is 0 Å². The van der Waals surface area contributed by atoms with Crippen molar-refractivity contribution in [3.63, 3.8) is 0 Å². The molecule has 1 aliphatic carbocycles. The molecule has 1 atom stereocenters. The molecular weight excluding hydrogens is 232 g/mol. The van der Waals surface area contributed by atoms with Gasteiger partial charge in [0.1, 0.15) is 0 Å². The van der Waals surface area contributed by atoms with Crippen LogP contribution in [0.25, 0.3) is 0 Å². The average Bonchev–Trinajstić information content (AvgIpc) is 2.46. The minimum atomic E-state index is 0.467. The van der Waals surface area contributed by atoms with Gasteiger partial charge in [0.15, 0.2) is 0 Å². The maximum absolute atomic E-state index is 4.24. The van der Waals surface area contributed by atoms with E-state index in [4.69, 9.17) is 0 Å². The molecule has 0 aromatic carbocycles. The molecular formula is C17H28N2. The van der Waals surface area contributed by atoms with Crippen molar-refractivity contribution in [2.45, 2.75) is 58.5 Å². The zero-order valence-corrected chi connectivity index (χ0v) is 12.8. The SMILES string of the molecule is CC(c1cccnc1)N(C)[C@H]1CC[C@@H](C(C)C)CC1. The van der Waals surface area contributed by atoms with Crippen molar-refractivity contribution in [2.24, 2.45) is 11.8 Å². The Morgan fingerprint density at radius 2 is 1.84 bits per heavy atom. The monoisotopic (exact) mass is 260 g/mol. The summed E-state index contributed by atoms with van der Waals surface area (Å²) in [6, 6.07) is 5.43. The fourth-order valence-corrected chi connectivity index (χ4v) is 3.35. The third kappa shape index (κ3) is 3.56. The lowest BCUT2D eigenvalue weighted by Gasteiger charge is -2.39. The van der Waals surface area contributed by atoms with E-state index in [1.165, 1.54) is 31.2 Å². The zero-order chi connectivity index (χ0) is 13.8. The molecule has 1 aliphatic rings. The minimum absolute atomic E-state index is 0.467. The van der Waals surface area contributed by atoms with Gasteiger partial charge in [-0.2, -0.15) is 0 Å². The second-order valence-electron chi connectivity index (χ2n) is 6.44. The molecule has 0 bridgehead atoms. The molecule has 0 aliphatic heterocycles. The molecule has 0 saturated heterocycles. The lowest BCUT2D eigenvalue weighted by Crippen LogP contribution is -2.37. The highest BCUT2D eigenvalue weighted by molar-refractivity contribution is 5.13. The Bertz CT molecular complexity index is 366. The van der Waals surface area contributed by atoms with Gasteiger partial charge in [0, 0.05) is 24.5 Å². The van der Waals surface area contributed by atoms with Crippen LogP contribution < -0.4 is 0 Å². The van der Waals surface area contributed by atoms with Gasteiger partial charge in [-0.25, -0.2) is 0 Å². The third-order valence-corrected chi connectivity index (χ3v) is 5.04. The summed E-state index contributed by atoms with van der Waals surface area (Å²) in [4.78, 5) is 6.79. The van der Waals surface area contributed by atoms with Gasteiger partial charge in [0.05, 0.1) is 0 Å². The molecule has 0 spiro atoms. The summed E-state index contributed by atoms with van der Waals surface area (Å²) in [5, 5.41) is 0. The first-order valence-corrected chi connectivity index (χ1v) is 7.71. The van der Waals surface area contributed by atoms with Crippen LogP contribution in [0.4, 0.5) is 0 Å². The van der Waals surface area contributed by atoms with Crippen molar-refractivity contribution < 1.29 is 0 Å². The molecule has 2 heteroatoms. The van der Waals surface area contributed by atoms with E-state index in [2.05, 4.69) is 43.8 Å². The molecule has 1 saturated carbocycles. The van der Waals surface area contributed by atoms with E-state index in [1.807, 2.05) is 18.5 Å². The van der Waals surface area contributed by atoms with E-state index in [0.29, 0.717) is 6.04 Å². The molecule has 1 aromatic rings. The highest BCUT2D eigenvalue weighted by Gasteiger charge is 2.27. The van der Waals surface area contributed by atoms with E-state index >= 15 is 0 Å². The number of aromatic nitrogens is 1. The lowest BCUT2D eigenvalue weighted by molar-refractivity contribution is 0.115. The highest BCUT2D eigenvalue weighted by atomic mass is 15.2.